The predicted octanol–water partition coefficient (Wildman–Crippen LogP) is 4.78. The first-order chi connectivity index (χ1) is 13.3. The minimum Gasteiger partial charge on any atom is -0.487 e. The van der Waals surface area contributed by atoms with E-state index in [1.165, 1.54) is 0 Å². The van der Waals surface area contributed by atoms with Crippen LogP contribution in [0.2, 0.25) is 0 Å². The van der Waals surface area contributed by atoms with Gasteiger partial charge in [-0.15, -0.1) is 0 Å². The first kappa shape index (κ1) is 22.2. The van der Waals surface area contributed by atoms with E-state index in [1.54, 1.807) is 12.1 Å². The van der Waals surface area contributed by atoms with E-state index in [2.05, 4.69) is 56.6 Å². The van der Waals surface area contributed by atoms with Gasteiger partial charge in [0.15, 0.2) is 0 Å². The summed E-state index contributed by atoms with van der Waals surface area (Å²) in [4.78, 5) is 12.1. The minimum atomic E-state index is -0.393. The van der Waals surface area contributed by atoms with Gasteiger partial charge >= 0.3 is 0 Å². The lowest BCUT2D eigenvalue weighted by Gasteiger charge is -2.12. The molecule has 0 aromatic heterocycles. The van der Waals surface area contributed by atoms with Crippen LogP contribution in [0.4, 0.5) is 0 Å². The molecule has 0 radical (unpaired) electrons. The van der Waals surface area contributed by atoms with Gasteiger partial charge in [-0.3, -0.25) is 4.79 Å². The quantitative estimate of drug-likeness (QED) is 0.295. The molecule has 0 bridgehead atoms. The molecule has 0 aliphatic heterocycles. The number of benzene rings is 2. The molecule has 0 aliphatic carbocycles. The van der Waals surface area contributed by atoms with Crippen molar-refractivity contribution in [1.82, 2.24) is 5.32 Å². The average molecular weight is 597 g/mol. The normalized spacial score (nSPS) is 10.9. The molecule has 0 heterocycles. The molecule has 0 fully saturated rings. The Labute approximate surface area is 191 Å². The van der Waals surface area contributed by atoms with Gasteiger partial charge in [0.25, 0.3) is 5.91 Å². The lowest BCUT2D eigenvalue weighted by molar-refractivity contribution is -0.117. The number of nitrogens with one attached hydrogen (secondary N) is 1. The first-order valence-electron chi connectivity index (χ1n) is 8.38. The number of halogens is 2. The smallest absolute Gasteiger partial charge is 0.262 e. The fourth-order valence-electron chi connectivity index (χ4n) is 2.36. The average Bonchev–Trinajstić information content (AvgIpc) is 2.65. The summed E-state index contributed by atoms with van der Waals surface area (Å²) in [6, 6.07) is 15.1. The Morgan fingerprint density at radius 1 is 1.21 bits per heavy atom. The van der Waals surface area contributed by atoms with Crippen molar-refractivity contribution in [3.05, 3.63) is 65.8 Å². The van der Waals surface area contributed by atoms with E-state index in [0.29, 0.717) is 11.3 Å². The molecule has 7 heteroatoms. The summed E-state index contributed by atoms with van der Waals surface area (Å²) in [5.74, 6) is 0.312. The molecule has 0 atom stereocenters. The van der Waals surface area contributed by atoms with Crippen molar-refractivity contribution in [2.45, 2.75) is 26.5 Å². The number of nitrogens with zero attached hydrogens (tertiary/aromatic N) is 2. The molecule has 0 unspecified atom stereocenters. The number of carbonyl (C=O) groups is 1. The number of rotatable bonds is 6. The van der Waals surface area contributed by atoms with Gasteiger partial charge in [0.05, 0.1) is 18.8 Å². The topological polar surface area (TPSA) is 85.9 Å². The van der Waals surface area contributed by atoms with Gasteiger partial charge < -0.3 is 10.1 Å². The van der Waals surface area contributed by atoms with Crippen molar-refractivity contribution >= 4 is 57.2 Å². The highest BCUT2D eigenvalue weighted by atomic mass is 127. The Kier molecular flexibility index (Phi) is 8.27. The third kappa shape index (κ3) is 5.94. The molecule has 2 rings (SSSR count). The Hall–Kier alpha value is -2.11. The second-order valence-electron chi connectivity index (χ2n) is 6.17. The van der Waals surface area contributed by atoms with Crippen molar-refractivity contribution in [1.29, 1.82) is 10.5 Å². The van der Waals surface area contributed by atoms with Gasteiger partial charge in [0, 0.05) is 11.6 Å². The van der Waals surface area contributed by atoms with Gasteiger partial charge in [-0.05, 0) is 88.9 Å². The van der Waals surface area contributed by atoms with Crippen LogP contribution >= 0.6 is 45.2 Å². The maximum Gasteiger partial charge on any atom is 0.262 e. The summed E-state index contributed by atoms with van der Waals surface area (Å²) >= 11 is 4.32. The second kappa shape index (κ2) is 10.4. The lowest BCUT2D eigenvalue weighted by Crippen LogP contribution is -2.30. The number of carbonyl (C=O) groups excluding carboxylic acids is 1. The van der Waals surface area contributed by atoms with Gasteiger partial charge in [0.2, 0.25) is 0 Å². The maximum absolute atomic E-state index is 12.1. The zero-order valence-electron chi connectivity index (χ0n) is 15.3. The summed E-state index contributed by atoms with van der Waals surface area (Å²) in [7, 11) is 0. The van der Waals surface area contributed by atoms with Crippen LogP contribution in [-0.2, 0) is 11.4 Å². The van der Waals surface area contributed by atoms with E-state index in [1.807, 2.05) is 50.2 Å². The van der Waals surface area contributed by atoms with Crippen LogP contribution in [0.15, 0.2) is 42.0 Å². The van der Waals surface area contributed by atoms with E-state index in [9.17, 15) is 15.3 Å². The van der Waals surface area contributed by atoms with Crippen LogP contribution in [0.5, 0.6) is 5.75 Å². The fourth-order valence-corrected chi connectivity index (χ4v) is 4.49. The van der Waals surface area contributed by atoms with Crippen LogP contribution in [0.1, 0.15) is 30.5 Å². The molecule has 2 aromatic carbocycles. The third-order valence-electron chi connectivity index (χ3n) is 3.63. The van der Waals surface area contributed by atoms with E-state index < -0.39 is 5.91 Å². The van der Waals surface area contributed by atoms with Crippen LogP contribution in [0.25, 0.3) is 6.08 Å². The molecule has 142 valence electrons. The molecule has 1 amide bonds. The number of nitriles is 2. The molecule has 1 N–H and O–H groups in total. The molecule has 0 spiro atoms. The Morgan fingerprint density at radius 2 is 1.86 bits per heavy atom. The standard InChI is InChI=1S/C21H17I2N3O2/c1-13(2)26-21(27)17(11-25)7-14-8-18(22)20(19(23)9-14)28-12-16-6-4-3-5-15(16)10-24/h3-9,13H,12H2,1-2H3,(H,26,27)/b17-7-. The monoisotopic (exact) mass is 597 g/mol. The number of hydrogen-bond acceptors (Lipinski definition) is 4. The first-order valence-corrected chi connectivity index (χ1v) is 10.5. The van der Waals surface area contributed by atoms with Crippen LogP contribution < -0.4 is 10.1 Å². The van der Waals surface area contributed by atoms with Crippen LogP contribution in [0.3, 0.4) is 0 Å². The summed E-state index contributed by atoms with van der Waals surface area (Å²) in [5.41, 5.74) is 2.20. The molecule has 2 aromatic rings. The van der Waals surface area contributed by atoms with Crippen molar-refractivity contribution < 1.29 is 9.53 Å². The Balaban J connectivity index is 2.25. The summed E-state index contributed by atoms with van der Waals surface area (Å²) in [6.45, 7) is 3.97. The molecule has 5 nitrogen and oxygen atoms in total. The molecular weight excluding hydrogens is 580 g/mol. The highest BCUT2D eigenvalue weighted by molar-refractivity contribution is 14.1. The minimum absolute atomic E-state index is 0.0448. The molecule has 0 saturated heterocycles. The summed E-state index contributed by atoms with van der Waals surface area (Å²) in [6.07, 6.45) is 1.57. The van der Waals surface area contributed by atoms with Gasteiger partial charge in [0.1, 0.15) is 24.0 Å². The molecule has 0 aliphatic rings. The van der Waals surface area contributed by atoms with E-state index in [0.717, 1.165) is 18.3 Å². The van der Waals surface area contributed by atoms with Crippen LogP contribution in [0, 0.1) is 29.8 Å². The van der Waals surface area contributed by atoms with E-state index >= 15 is 0 Å². The maximum atomic E-state index is 12.1. The van der Waals surface area contributed by atoms with Gasteiger partial charge in [-0.1, -0.05) is 18.2 Å². The predicted molar refractivity (Wildman–Crippen MR) is 124 cm³/mol. The zero-order chi connectivity index (χ0) is 20.7. The van der Waals surface area contributed by atoms with E-state index in [-0.39, 0.29) is 18.2 Å². The number of ether oxygens (including phenoxy) is 1. The zero-order valence-corrected chi connectivity index (χ0v) is 19.6. The summed E-state index contributed by atoms with van der Waals surface area (Å²) < 4.78 is 7.66. The largest absolute Gasteiger partial charge is 0.487 e. The Morgan fingerprint density at radius 3 is 2.43 bits per heavy atom. The SMILES string of the molecule is CC(C)NC(=O)/C(C#N)=C\c1cc(I)c(OCc2ccccc2C#N)c(I)c1. The van der Waals surface area contributed by atoms with Gasteiger partial charge in [-0.2, -0.15) is 10.5 Å². The highest BCUT2D eigenvalue weighted by Gasteiger charge is 2.13. The van der Waals surface area contributed by atoms with Crippen molar-refractivity contribution in [2.24, 2.45) is 0 Å². The van der Waals surface area contributed by atoms with Gasteiger partial charge in [-0.25, -0.2) is 0 Å². The van der Waals surface area contributed by atoms with Crippen molar-refractivity contribution in [3.8, 4) is 17.9 Å². The molecular formula is C21H17I2N3O2. The van der Waals surface area contributed by atoms with Crippen molar-refractivity contribution in [3.63, 3.8) is 0 Å². The lowest BCUT2D eigenvalue weighted by atomic mass is 10.1. The number of amides is 1. The number of hydrogen-bond donors (Lipinski definition) is 1. The third-order valence-corrected chi connectivity index (χ3v) is 5.23. The molecule has 28 heavy (non-hydrogen) atoms. The molecule has 0 saturated carbocycles. The van der Waals surface area contributed by atoms with E-state index in [4.69, 9.17) is 4.74 Å². The van der Waals surface area contributed by atoms with Crippen molar-refractivity contribution in [2.75, 3.05) is 0 Å². The summed E-state index contributed by atoms with van der Waals surface area (Å²) in [5, 5.41) is 21.2. The fraction of sp³-hybridized carbons (Fsp3) is 0.190. The Bertz CT molecular complexity index is 978. The highest BCUT2D eigenvalue weighted by Crippen LogP contribution is 2.30. The van der Waals surface area contributed by atoms with Crippen LogP contribution in [-0.4, -0.2) is 11.9 Å². The second-order valence-corrected chi connectivity index (χ2v) is 8.49.